The zero-order valence-electron chi connectivity index (χ0n) is 14.6. The SMILES string of the molecule is CC1C(c2cn3cnc(SC(F)(F)F)c3s2)=C(C(=O)O[C@H](C)O)N2C(=O)C[C@@H]12. The predicted molar refractivity (Wildman–Crippen MR) is 94.1 cm³/mol. The lowest BCUT2D eigenvalue weighted by Crippen LogP contribution is -2.52. The summed E-state index contributed by atoms with van der Waals surface area (Å²) >= 11 is 0.755. The molecule has 2 aromatic heterocycles. The highest BCUT2D eigenvalue weighted by atomic mass is 32.2. The number of hydrogen-bond acceptors (Lipinski definition) is 7. The fraction of sp³-hybridized carbons (Fsp3) is 0.438. The molecule has 0 radical (unpaired) electrons. The van der Waals surface area contributed by atoms with Crippen LogP contribution >= 0.6 is 23.1 Å². The van der Waals surface area contributed by atoms with Gasteiger partial charge in [0, 0.05) is 35.9 Å². The lowest BCUT2D eigenvalue weighted by atomic mass is 9.90. The second-order valence-corrected chi connectivity index (χ2v) is 8.58. The summed E-state index contributed by atoms with van der Waals surface area (Å²) in [5.41, 5.74) is -3.90. The maximum Gasteiger partial charge on any atom is 0.447 e. The van der Waals surface area contributed by atoms with Crippen molar-refractivity contribution in [2.24, 2.45) is 5.92 Å². The summed E-state index contributed by atoms with van der Waals surface area (Å²) in [6.45, 7) is 3.12. The molecule has 2 aliphatic rings. The highest BCUT2D eigenvalue weighted by molar-refractivity contribution is 8.00. The number of ether oxygens (including phenoxy) is 1. The number of imidazole rings is 1. The monoisotopic (exact) mass is 433 g/mol. The molecule has 0 spiro atoms. The Morgan fingerprint density at radius 2 is 2.21 bits per heavy atom. The number of aromatic nitrogens is 2. The molecule has 1 unspecified atom stereocenters. The Bertz CT molecular complexity index is 1010. The van der Waals surface area contributed by atoms with E-state index in [-0.39, 0.29) is 46.8 Å². The first-order valence-electron chi connectivity index (χ1n) is 8.24. The van der Waals surface area contributed by atoms with Crippen LogP contribution in [0.15, 0.2) is 23.2 Å². The average Bonchev–Trinajstić information content (AvgIpc) is 3.17. The molecule has 2 aliphatic heterocycles. The fourth-order valence-electron chi connectivity index (χ4n) is 3.51. The van der Waals surface area contributed by atoms with Crippen molar-refractivity contribution < 1.29 is 32.6 Å². The zero-order valence-corrected chi connectivity index (χ0v) is 16.2. The van der Waals surface area contributed by atoms with Gasteiger partial charge >= 0.3 is 11.5 Å². The number of thiazole rings is 1. The van der Waals surface area contributed by atoms with Crippen LogP contribution in [0.3, 0.4) is 0 Å². The molecule has 1 fully saturated rings. The van der Waals surface area contributed by atoms with Gasteiger partial charge in [-0.2, -0.15) is 13.2 Å². The van der Waals surface area contributed by atoms with E-state index in [4.69, 9.17) is 4.74 Å². The number of amides is 1. The Morgan fingerprint density at radius 3 is 2.82 bits per heavy atom. The van der Waals surface area contributed by atoms with Crippen molar-refractivity contribution in [3.05, 3.63) is 23.1 Å². The van der Waals surface area contributed by atoms with Gasteiger partial charge < -0.3 is 14.7 Å². The second kappa shape index (κ2) is 6.49. The molecule has 12 heteroatoms. The molecule has 0 saturated carbocycles. The van der Waals surface area contributed by atoms with Crippen molar-refractivity contribution >= 4 is 45.4 Å². The summed E-state index contributed by atoms with van der Waals surface area (Å²) in [4.78, 5) is 30.6. The van der Waals surface area contributed by atoms with Crippen LogP contribution < -0.4 is 0 Å². The largest absolute Gasteiger partial charge is 0.447 e. The third kappa shape index (κ3) is 3.08. The number of alkyl halides is 3. The zero-order chi connectivity index (χ0) is 20.4. The van der Waals surface area contributed by atoms with Gasteiger partial charge in [0.25, 0.3) is 0 Å². The summed E-state index contributed by atoms with van der Waals surface area (Å²) in [5, 5.41) is 9.20. The number of carbonyl (C=O) groups is 2. The van der Waals surface area contributed by atoms with E-state index in [9.17, 15) is 27.9 Å². The van der Waals surface area contributed by atoms with Crippen molar-refractivity contribution in [2.45, 2.75) is 43.1 Å². The molecule has 2 aromatic rings. The first-order valence-corrected chi connectivity index (χ1v) is 9.88. The Labute approximate surface area is 164 Å². The molecule has 150 valence electrons. The molecule has 4 rings (SSSR count). The molecular formula is C16H14F3N3O4S2. The predicted octanol–water partition coefficient (Wildman–Crippen LogP) is 2.85. The lowest BCUT2D eigenvalue weighted by Gasteiger charge is -2.37. The van der Waals surface area contributed by atoms with E-state index in [1.54, 1.807) is 6.20 Å². The van der Waals surface area contributed by atoms with E-state index >= 15 is 0 Å². The molecular weight excluding hydrogens is 419 g/mol. The summed E-state index contributed by atoms with van der Waals surface area (Å²) in [6.07, 6.45) is 1.78. The van der Waals surface area contributed by atoms with Gasteiger partial charge in [0.1, 0.15) is 21.9 Å². The maximum atomic E-state index is 12.7. The van der Waals surface area contributed by atoms with Gasteiger partial charge in [0.2, 0.25) is 5.91 Å². The number of rotatable bonds is 4. The third-order valence-corrected chi connectivity index (χ3v) is 6.64. The topological polar surface area (TPSA) is 84.1 Å². The summed E-state index contributed by atoms with van der Waals surface area (Å²) in [7, 11) is 0. The normalized spacial score (nSPS) is 23.2. The highest BCUT2D eigenvalue weighted by Crippen LogP contribution is 2.49. The Morgan fingerprint density at radius 1 is 1.50 bits per heavy atom. The van der Waals surface area contributed by atoms with Crippen molar-refractivity contribution in [1.82, 2.24) is 14.3 Å². The van der Waals surface area contributed by atoms with E-state index in [0.29, 0.717) is 15.3 Å². The number of esters is 1. The highest BCUT2D eigenvalue weighted by Gasteiger charge is 2.52. The van der Waals surface area contributed by atoms with Crippen LogP contribution in [-0.4, -0.2) is 49.1 Å². The second-order valence-electron chi connectivity index (χ2n) is 6.50. The number of β-lactam (4-membered cyclic amide) rings is 1. The minimum Gasteiger partial charge on any atom is -0.432 e. The smallest absolute Gasteiger partial charge is 0.432 e. The van der Waals surface area contributed by atoms with Crippen LogP contribution in [0.2, 0.25) is 0 Å². The number of fused-ring (bicyclic) bond motifs is 2. The van der Waals surface area contributed by atoms with Crippen LogP contribution in [0.5, 0.6) is 0 Å². The lowest BCUT2D eigenvalue weighted by molar-refractivity contribution is -0.165. The van der Waals surface area contributed by atoms with Gasteiger partial charge in [0.15, 0.2) is 6.29 Å². The van der Waals surface area contributed by atoms with Gasteiger partial charge in [0.05, 0.1) is 10.9 Å². The van der Waals surface area contributed by atoms with Crippen LogP contribution in [0.25, 0.3) is 10.4 Å². The van der Waals surface area contributed by atoms with Crippen LogP contribution in [0.1, 0.15) is 25.1 Å². The minimum absolute atomic E-state index is 0.0390. The third-order valence-electron chi connectivity index (χ3n) is 4.64. The molecule has 4 heterocycles. The first-order chi connectivity index (χ1) is 13.1. The molecule has 28 heavy (non-hydrogen) atoms. The number of thioether (sulfide) groups is 1. The fourth-order valence-corrected chi connectivity index (χ4v) is 5.39. The molecule has 0 aliphatic carbocycles. The standard InChI is InChI=1S/C16H14F3N3O4S2/c1-6-8-3-10(24)22(8)12(15(25)26-7(2)23)11(6)9-4-21-5-20-13(14(21)27-9)28-16(17,18)19/h4-8,23H,3H2,1-2H3/t6?,7-,8+/m1/s1. The minimum atomic E-state index is -4.47. The van der Waals surface area contributed by atoms with Crippen molar-refractivity contribution in [3.8, 4) is 0 Å². The molecule has 1 N–H and O–H groups in total. The summed E-state index contributed by atoms with van der Waals surface area (Å²) < 4.78 is 44.6. The molecule has 0 bridgehead atoms. The Balaban J connectivity index is 1.80. The van der Waals surface area contributed by atoms with Gasteiger partial charge in [-0.15, -0.1) is 11.3 Å². The van der Waals surface area contributed by atoms with Crippen LogP contribution in [-0.2, 0) is 14.3 Å². The molecule has 3 atom stereocenters. The quantitative estimate of drug-likeness (QED) is 0.346. The summed E-state index contributed by atoms with van der Waals surface area (Å²) in [5.74, 6) is -1.28. The number of hydrogen-bond donors (Lipinski definition) is 1. The van der Waals surface area contributed by atoms with E-state index in [2.05, 4.69) is 4.98 Å². The van der Waals surface area contributed by atoms with Crippen LogP contribution in [0, 0.1) is 5.92 Å². The van der Waals surface area contributed by atoms with Crippen molar-refractivity contribution in [3.63, 3.8) is 0 Å². The molecule has 1 amide bonds. The Kier molecular flexibility index (Phi) is 4.47. The average molecular weight is 433 g/mol. The van der Waals surface area contributed by atoms with E-state index in [0.717, 1.165) is 11.3 Å². The Hall–Kier alpha value is -2.05. The number of aliphatic hydroxyl groups excluding tert-OH is 1. The van der Waals surface area contributed by atoms with Gasteiger partial charge in [-0.25, -0.2) is 9.78 Å². The number of nitrogens with zero attached hydrogens (tertiary/aromatic N) is 3. The van der Waals surface area contributed by atoms with Gasteiger partial charge in [-0.3, -0.25) is 9.20 Å². The molecule has 7 nitrogen and oxygen atoms in total. The maximum absolute atomic E-state index is 12.7. The van der Waals surface area contributed by atoms with Crippen molar-refractivity contribution in [2.75, 3.05) is 0 Å². The first kappa shape index (κ1) is 19.3. The molecule has 1 saturated heterocycles. The summed E-state index contributed by atoms with van der Waals surface area (Å²) in [6, 6.07) is -0.206. The van der Waals surface area contributed by atoms with Gasteiger partial charge in [-0.1, -0.05) is 6.92 Å². The van der Waals surface area contributed by atoms with Crippen LogP contribution in [0.4, 0.5) is 13.2 Å². The van der Waals surface area contributed by atoms with Gasteiger partial charge in [-0.05, 0) is 6.92 Å². The number of halogens is 3. The van der Waals surface area contributed by atoms with E-state index < -0.39 is 17.8 Å². The number of aliphatic hydroxyl groups is 1. The van der Waals surface area contributed by atoms with Crippen molar-refractivity contribution in [1.29, 1.82) is 0 Å². The van der Waals surface area contributed by atoms with E-state index in [1.165, 1.54) is 22.6 Å². The number of carbonyl (C=O) groups excluding carboxylic acids is 2. The van der Waals surface area contributed by atoms with E-state index in [1.807, 2.05) is 6.92 Å². The molecule has 0 aromatic carbocycles.